The van der Waals surface area contributed by atoms with Crippen molar-refractivity contribution in [1.29, 1.82) is 0 Å². The van der Waals surface area contributed by atoms with Gasteiger partial charge in [-0.15, -0.1) is 0 Å². The van der Waals surface area contributed by atoms with Crippen molar-refractivity contribution in [3.05, 3.63) is 42.1 Å². The smallest absolute Gasteiger partial charge is 0.322 e. The first kappa shape index (κ1) is 27.1. The monoisotopic (exact) mass is 476 g/mol. The molecule has 0 saturated heterocycles. The first-order valence-corrected chi connectivity index (χ1v) is 11.7. The molecule has 188 valence electrons. The fourth-order valence-corrected chi connectivity index (χ4v) is 3.06. The molecule has 1 aromatic carbocycles. The lowest BCUT2D eigenvalue weighted by molar-refractivity contribution is 0.0939. The lowest BCUT2D eigenvalue weighted by Gasteiger charge is -2.22. The van der Waals surface area contributed by atoms with Crippen LogP contribution < -0.4 is 15.4 Å². The zero-order valence-electron chi connectivity index (χ0n) is 20.3. The highest BCUT2D eigenvalue weighted by Gasteiger charge is 2.20. The maximum Gasteiger partial charge on any atom is 0.322 e. The lowest BCUT2D eigenvalue weighted by atomic mass is 10.3. The van der Waals surface area contributed by atoms with E-state index in [2.05, 4.69) is 15.6 Å². The van der Waals surface area contributed by atoms with Crippen LogP contribution in [0.2, 0.25) is 0 Å². The van der Waals surface area contributed by atoms with Crippen LogP contribution in [-0.4, -0.2) is 67.9 Å². The zero-order valence-corrected chi connectivity index (χ0v) is 20.3. The van der Waals surface area contributed by atoms with Crippen LogP contribution in [0.1, 0.15) is 50.0 Å². The molecule has 2 aromatic rings. The van der Waals surface area contributed by atoms with Gasteiger partial charge in [0.2, 0.25) is 5.89 Å². The van der Waals surface area contributed by atoms with Crippen LogP contribution in [0.5, 0.6) is 5.75 Å². The fourth-order valence-electron chi connectivity index (χ4n) is 3.06. The number of nitrogens with one attached hydrogen (secondary N) is 2. The van der Waals surface area contributed by atoms with Gasteiger partial charge in [0.25, 0.3) is 5.91 Å². The molecule has 2 N–H and O–H groups in total. The molecule has 0 aliphatic carbocycles. The summed E-state index contributed by atoms with van der Waals surface area (Å²) in [4.78, 5) is 31.2. The Morgan fingerprint density at radius 2 is 1.76 bits per heavy atom. The number of para-hydroxylation sites is 2. The van der Waals surface area contributed by atoms with Crippen LogP contribution in [0.25, 0.3) is 0 Å². The predicted octanol–water partition coefficient (Wildman–Crippen LogP) is 3.69. The van der Waals surface area contributed by atoms with Crippen molar-refractivity contribution in [2.24, 2.45) is 0 Å². The van der Waals surface area contributed by atoms with E-state index < -0.39 is 0 Å². The van der Waals surface area contributed by atoms with Gasteiger partial charge in [-0.05, 0) is 45.7 Å². The molecule has 1 aromatic heterocycles. The number of aromatic nitrogens is 1. The Hall–Kier alpha value is -3.11. The number of anilines is 1. The molecule has 10 heteroatoms. The molecule has 0 aliphatic rings. The molecule has 34 heavy (non-hydrogen) atoms. The Morgan fingerprint density at radius 3 is 2.50 bits per heavy atom. The number of rotatable bonds is 16. The Kier molecular flexibility index (Phi) is 12.5. The summed E-state index contributed by atoms with van der Waals surface area (Å²) >= 11 is 0. The van der Waals surface area contributed by atoms with Gasteiger partial charge in [-0.25, -0.2) is 9.78 Å². The predicted molar refractivity (Wildman–Crippen MR) is 128 cm³/mol. The maximum absolute atomic E-state index is 13.1. The minimum Gasteiger partial charge on any atom is -0.492 e. The van der Waals surface area contributed by atoms with E-state index in [9.17, 15) is 9.59 Å². The second-order valence-electron chi connectivity index (χ2n) is 7.26. The van der Waals surface area contributed by atoms with E-state index in [4.69, 9.17) is 18.6 Å². The van der Waals surface area contributed by atoms with Crippen LogP contribution in [0.15, 0.2) is 34.9 Å². The number of hydrogen-bond acceptors (Lipinski definition) is 7. The summed E-state index contributed by atoms with van der Waals surface area (Å²) in [5, 5.41) is 5.67. The van der Waals surface area contributed by atoms with Crippen molar-refractivity contribution in [2.45, 2.75) is 40.2 Å². The molecule has 10 nitrogen and oxygen atoms in total. The molecule has 1 heterocycles. The number of amides is 3. The van der Waals surface area contributed by atoms with Crippen LogP contribution >= 0.6 is 0 Å². The molecule has 2 rings (SSSR count). The van der Waals surface area contributed by atoms with Crippen LogP contribution in [0.4, 0.5) is 10.5 Å². The van der Waals surface area contributed by atoms with E-state index >= 15 is 0 Å². The summed E-state index contributed by atoms with van der Waals surface area (Å²) in [6.45, 7) is 9.58. The van der Waals surface area contributed by atoms with Gasteiger partial charge in [-0.3, -0.25) is 4.79 Å². The minimum absolute atomic E-state index is 0.104. The van der Waals surface area contributed by atoms with Crippen LogP contribution in [0, 0.1) is 0 Å². The van der Waals surface area contributed by atoms with Crippen molar-refractivity contribution < 1.29 is 28.2 Å². The zero-order chi connectivity index (χ0) is 24.6. The number of hydrogen-bond donors (Lipinski definition) is 2. The van der Waals surface area contributed by atoms with Crippen molar-refractivity contribution in [3.8, 4) is 5.75 Å². The molecule has 0 saturated carbocycles. The van der Waals surface area contributed by atoms with Gasteiger partial charge in [-0.2, -0.15) is 0 Å². The fraction of sp³-hybridized carbons (Fsp3) is 0.542. The van der Waals surface area contributed by atoms with Crippen LogP contribution in [-0.2, 0) is 16.0 Å². The second-order valence-corrected chi connectivity index (χ2v) is 7.26. The largest absolute Gasteiger partial charge is 0.492 e. The summed E-state index contributed by atoms with van der Waals surface area (Å²) in [6, 6.07) is 6.91. The minimum atomic E-state index is -0.330. The third-order valence-corrected chi connectivity index (χ3v) is 4.70. The highest BCUT2D eigenvalue weighted by molar-refractivity contribution is 5.92. The highest BCUT2D eigenvalue weighted by Crippen LogP contribution is 2.24. The van der Waals surface area contributed by atoms with Gasteiger partial charge >= 0.3 is 6.03 Å². The number of urea groups is 1. The van der Waals surface area contributed by atoms with E-state index in [1.807, 2.05) is 32.9 Å². The number of benzene rings is 1. The third kappa shape index (κ3) is 9.40. The summed E-state index contributed by atoms with van der Waals surface area (Å²) in [7, 11) is 0. The molecule has 0 spiro atoms. The quantitative estimate of drug-likeness (QED) is 0.355. The maximum atomic E-state index is 13.1. The highest BCUT2D eigenvalue weighted by atomic mass is 16.5. The van der Waals surface area contributed by atoms with E-state index in [1.165, 1.54) is 6.26 Å². The molecular weight excluding hydrogens is 440 g/mol. The number of carbonyl (C=O) groups excluding carboxylic acids is 2. The third-order valence-electron chi connectivity index (χ3n) is 4.70. The topological polar surface area (TPSA) is 115 Å². The molecule has 3 amide bonds. The first-order valence-electron chi connectivity index (χ1n) is 11.7. The number of carbonyl (C=O) groups is 2. The van der Waals surface area contributed by atoms with Crippen molar-refractivity contribution in [2.75, 3.05) is 51.4 Å². The Bertz CT molecular complexity index is 873. The van der Waals surface area contributed by atoms with Gasteiger partial charge in [0, 0.05) is 39.5 Å². The van der Waals surface area contributed by atoms with E-state index in [1.54, 1.807) is 17.0 Å². The van der Waals surface area contributed by atoms with Crippen molar-refractivity contribution in [1.82, 2.24) is 15.2 Å². The Morgan fingerprint density at radius 1 is 1.03 bits per heavy atom. The van der Waals surface area contributed by atoms with E-state index in [-0.39, 0.29) is 30.1 Å². The number of oxazole rings is 1. The van der Waals surface area contributed by atoms with Crippen LogP contribution in [0.3, 0.4) is 0 Å². The Balaban J connectivity index is 2.01. The summed E-state index contributed by atoms with van der Waals surface area (Å²) in [6.07, 6.45) is 2.65. The normalized spacial score (nSPS) is 10.7. The summed E-state index contributed by atoms with van der Waals surface area (Å²) in [5.41, 5.74) is 0.742. The average molecular weight is 477 g/mol. The SMILES string of the molecule is CCOCCCNC(=O)c1coc(CN(CCCOCC)C(=O)Nc2ccccc2OCC)n1. The molecule has 0 atom stereocenters. The molecule has 0 radical (unpaired) electrons. The number of ether oxygens (including phenoxy) is 3. The molecule has 0 bridgehead atoms. The molecule has 0 fully saturated rings. The van der Waals surface area contributed by atoms with Gasteiger partial charge < -0.3 is 34.2 Å². The Labute approximate surface area is 200 Å². The van der Waals surface area contributed by atoms with Crippen molar-refractivity contribution >= 4 is 17.6 Å². The second kappa shape index (κ2) is 15.7. The average Bonchev–Trinajstić information content (AvgIpc) is 3.31. The standard InChI is InChI=1S/C24H36N4O6/c1-4-31-15-9-13-25-23(29)20-18-34-22(26-20)17-28(14-10-16-32-5-2)24(30)27-19-11-7-8-12-21(19)33-6-3/h7-8,11-12,18H,4-6,9-10,13-17H2,1-3H3,(H,25,29)(H,27,30). The summed E-state index contributed by atoms with van der Waals surface area (Å²) in [5.74, 6) is 0.528. The summed E-state index contributed by atoms with van der Waals surface area (Å²) < 4.78 is 21.7. The van der Waals surface area contributed by atoms with Gasteiger partial charge in [0.05, 0.1) is 18.8 Å². The van der Waals surface area contributed by atoms with Gasteiger partial charge in [-0.1, -0.05) is 12.1 Å². The first-order chi connectivity index (χ1) is 16.6. The molecular formula is C24H36N4O6. The lowest BCUT2D eigenvalue weighted by Crippen LogP contribution is -2.36. The van der Waals surface area contributed by atoms with Crippen molar-refractivity contribution in [3.63, 3.8) is 0 Å². The van der Waals surface area contributed by atoms with E-state index in [0.717, 1.165) is 0 Å². The van der Waals surface area contributed by atoms with Gasteiger partial charge in [0.1, 0.15) is 12.0 Å². The number of nitrogens with zero attached hydrogens (tertiary/aromatic N) is 2. The van der Waals surface area contributed by atoms with Gasteiger partial charge in [0.15, 0.2) is 5.69 Å². The van der Waals surface area contributed by atoms with E-state index in [0.29, 0.717) is 70.4 Å². The molecule has 0 unspecified atom stereocenters. The molecule has 0 aliphatic heterocycles.